The van der Waals surface area contributed by atoms with E-state index in [0.29, 0.717) is 11.5 Å². The number of hydrogen-bond acceptors (Lipinski definition) is 2. The molecular formula is C11H24N2. The van der Waals surface area contributed by atoms with Crippen molar-refractivity contribution in [3.63, 3.8) is 0 Å². The summed E-state index contributed by atoms with van der Waals surface area (Å²) in [5, 5.41) is 3.52. The van der Waals surface area contributed by atoms with Gasteiger partial charge in [0, 0.05) is 12.6 Å². The van der Waals surface area contributed by atoms with Gasteiger partial charge >= 0.3 is 0 Å². The average molecular weight is 184 g/mol. The summed E-state index contributed by atoms with van der Waals surface area (Å²) < 4.78 is 0. The Labute approximate surface area is 82.3 Å². The van der Waals surface area contributed by atoms with Crippen LogP contribution in [-0.4, -0.2) is 19.1 Å². The molecule has 0 aromatic rings. The lowest BCUT2D eigenvalue weighted by Crippen LogP contribution is -2.36. The van der Waals surface area contributed by atoms with E-state index in [0.717, 1.165) is 19.0 Å². The fourth-order valence-electron chi connectivity index (χ4n) is 1.95. The molecule has 1 aliphatic carbocycles. The topological polar surface area (TPSA) is 38.0 Å². The van der Waals surface area contributed by atoms with Crippen molar-refractivity contribution in [2.75, 3.05) is 13.1 Å². The predicted molar refractivity (Wildman–Crippen MR) is 57.6 cm³/mol. The highest BCUT2D eigenvalue weighted by molar-refractivity contribution is 4.82. The van der Waals surface area contributed by atoms with Gasteiger partial charge in [-0.3, -0.25) is 0 Å². The third-order valence-corrected chi connectivity index (χ3v) is 2.78. The molecular weight excluding hydrogens is 160 g/mol. The minimum atomic E-state index is 0.392. The van der Waals surface area contributed by atoms with E-state index in [2.05, 4.69) is 26.1 Å². The Morgan fingerprint density at radius 2 is 2.00 bits per heavy atom. The van der Waals surface area contributed by atoms with Crippen LogP contribution in [0.5, 0.6) is 0 Å². The standard InChI is InChI=1S/C11H24N2/c1-11(2,3)8-13-7-9-5-4-6-10(9)12/h9-10,13H,4-8,12H2,1-3H3. The molecule has 0 heterocycles. The molecule has 2 nitrogen and oxygen atoms in total. The second-order valence-corrected chi connectivity index (χ2v) is 5.55. The molecule has 1 fully saturated rings. The van der Waals surface area contributed by atoms with Gasteiger partial charge in [0.2, 0.25) is 0 Å². The Morgan fingerprint density at radius 3 is 2.46 bits per heavy atom. The quantitative estimate of drug-likeness (QED) is 0.701. The van der Waals surface area contributed by atoms with Crippen LogP contribution in [0.3, 0.4) is 0 Å². The molecule has 78 valence electrons. The molecule has 0 aromatic carbocycles. The van der Waals surface area contributed by atoms with Crippen LogP contribution < -0.4 is 11.1 Å². The summed E-state index contributed by atoms with van der Waals surface area (Å²) in [6.45, 7) is 8.98. The molecule has 1 rings (SSSR count). The minimum absolute atomic E-state index is 0.392. The zero-order valence-electron chi connectivity index (χ0n) is 9.27. The van der Waals surface area contributed by atoms with Crippen molar-refractivity contribution in [1.82, 2.24) is 5.32 Å². The highest BCUT2D eigenvalue weighted by Crippen LogP contribution is 2.23. The van der Waals surface area contributed by atoms with Crippen molar-refractivity contribution < 1.29 is 0 Å². The normalized spacial score (nSPS) is 29.5. The molecule has 2 unspecified atom stereocenters. The van der Waals surface area contributed by atoms with Crippen molar-refractivity contribution >= 4 is 0 Å². The van der Waals surface area contributed by atoms with Crippen molar-refractivity contribution in [2.45, 2.75) is 46.1 Å². The SMILES string of the molecule is CC(C)(C)CNCC1CCCC1N. The summed E-state index contributed by atoms with van der Waals surface area (Å²) in [4.78, 5) is 0. The third-order valence-electron chi connectivity index (χ3n) is 2.78. The maximum Gasteiger partial charge on any atom is 0.00792 e. The van der Waals surface area contributed by atoms with Gasteiger partial charge < -0.3 is 11.1 Å². The fraction of sp³-hybridized carbons (Fsp3) is 1.00. The minimum Gasteiger partial charge on any atom is -0.327 e. The van der Waals surface area contributed by atoms with E-state index in [1.54, 1.807) is 0 Å². The molecule has 2 heteroatoms. The van der Waals surface area contributed by atoms with Crippen LogP contribution in [0, 0.1) is 11.3 Å². The summed E-state index contributed by atoms with van der Waals surface area (Å²) in [5.41, 5.74) is 6.38. The van der Waals surface area contributed by atoms with Gasteiger partial charge in [-0.2, -0.15) is 0 Å². The van der Waals surface area contributed by atoms with E-state index in [1.165, 1.54) is 19.3 Å². The van der Waals surface area contributed by atoms with E-state index < -0.39 is 0 Å². The maximum atomic E-state index is 5.99. The lowest BCUT2D eigenvalue weighted by molar-refractivity contribution is 0.350. The van der Waals surface area contributed by atoms with Crippen LogP contribution in [0.25, 0.3) is 0 Å². The van der Waals surface area contributed by atoms with Gasteiger partial charge in [0.1, 0.15) is 0 Å². The molecule has 13 heavy (non-hydrogen) atoms. The lowest BCUT2D eigenvalue weighted by Gasteiger charge is -2.22. The van der Waals surface area contributed by atoms with Gasteiger partial charge in [-0.1, -0.05) is 27.2 Å². The zero-order valence-corrected chi connectivity index (χ0v) is 9.27. The lowest BCUT2D eigenvalue weighted by atomic mass is 9.96. The number of nitrogens with two attached hydrogens (primary N) is 1. The second kappa shape index (κ2) is 4.43. The van der Waals surface area contributed by atoms with Crippen molar-refractivity contribution in [3.8, 4) is 0 Å². The number of hydrogen-bond donors (Lipinski definition) is 2. The molecule has 2 atom stereocenters. The Balaban J connectivity index is 2.12. The van der Waals surface area contributed by atoms with Gasteiger partial charge in [-0.05, 0) is 30.7 Å². The maximum absolute atomic E-state index is 5.99. The van der Waals surface area contributed by atoms with Crippen molar-refractivity contribution in [1.29, 1.82) is 0 Å². The number of nitrogens with one attached hydrogen (secondary N) is 1. The Kier molecular flexibility index (Phi) is 3.74. The first-order chi connectivity index (χ1) is 5.99. The highest BCUT2D eigenvalue weighted by Gasteiger charge is 2.23. The Bertz CT molecular complexity index is 149. The summed E-state index contributed by atoms with van der Waals surface area (Å²) in [6.07, 6.45) is 3.86. The monoisotopic (exact) mass is 184 g/mol. The molecule has 0 spiro atoms. The average Bonchev–Trinajstić information content (AvgIpc) is 2.34. The van der Waals surface area contributed by atoms with E-state index in [1.807, 2.05) is 0 Å². The highest BCUT2D eigenvalue weighted by atomic mass is 14.9. The van der Waals surface area contributed by atoms with Crippen LogP contribution in [-0.2, 0) is 0 Å². The van der Waals surface area contributed by atoms with Crippen molar-refractivity contribution in [3.05, 3.63) is 0 Å². The largest absolute Gasteiger partial charge is 0.327 e. The molecule has 3 N–H and O–H groups in total. The van der Waals surface area contributed by atoms with Crippen LogP contribution in [0.15, 0.2) is 0 Å². The summed E-state index contributed by atoms with van der Waals surface area (Å²) >= 11 is 0. The second-order valence-electron chi connectivity index (χ2n) is 5.55. The first-order valence-corrected chi connectivity index (χ1v) is 5.45. The molecule has 0 aliphatic heterocycles. The van der Waals surface area contributed by atoms with E-state index in [-0.39, 0.29) is 0 Å². The van der Waals surface area contributed by atoms with Gasteiger partial charge in [-0.15, -0.1) is 0 Å². The molecule has 0 saturated heterocycles. The summed E-state index contributed by atoms with van der Waals surface area (Å²) in [6, 6.07) is 0.451. The smallest absolute Gasteiger partial charge is 0.00792 e. The molecule has 0 bridgehead atoms. The Morgan fingerprint density at radius 1 is 1.31 bits per heavy atom. The molecule has 0 radical (unpaired) electrons. The van der Waals surface area contributed by atoms with Crippen LogP contribution in [0.4, 0.5) is 0 Å². The van der Waals surface area contributed by atoms with Crippen LogP contribution in [0.2, 0.25) is 0 Å². The third kappa shape index (κ3) is 4.10. The first kappa shape index (κ1) is 11.0. The van der Waals surface area contributed by atoms with Crippen molar-refractivity contribution in [2.24, 2.45) is 17.1 Å². The van der Waals surface area contributed by atoms with Gasteiger partial charge in [-0.25, -0.2) is 0 Å². The van der Waals surface area contributed by atoms with Gasteiger partial charge in [0.05, 0.1) is 0 Å². The fourth-order valence-corrected chi connectivity index (χ4v) is 1.95. The Hall–Kier alpha value is -0.0800. The van der Waals surface area contributed by atoms with E-state index in [9.17, 15) is 0 Å². The van der Waals surface area contributed by atoms with Gasteiger partial charge in [0.25, 0.3) is 0 Å². The summed E-state index contributed by atoms with van der Waals surface area (Å²) in [7, 11) is 0. The van der Waals surface area contributed by atoms with Gasteiger partial charge in [0.15, 0.2) is 0 Å². The summed E-state index contributed by atoms with van der Waals surface area (Å²) in [5.74, 6) is 0.724. The molecule has 1 saturated carbocycles. The number of rotatable bonds is 3. The van der Waals surface area contributed by atoms with Crippen LogP contribution >= 0.6 is 0 Å². The molecule has 0 aromatic heterocycles. The van der Waals surface area contributed by atoms with Crippen LogP contribution in [0.1, 0.15) is 40.0 Å². The van der Waals surface area contributed by atoms with E-state index in [4.69, 9.17) is 5.73 Å². The molecule has 0 amide bonds. The van der Waals surface area contributed by atoms with E-state index >= 15 is 0 Å². The zero-order chi connectivity index (χ0) is 9.90. The molecule has 1 aliphatic rings. The first-order valence-electron chi connectivity index (χ1n) is 5.45. The predicted octanol–water partition coefficient (Wildman–Crippen LogP) is 1.75.